The van der Waals surface area contributed by atoms with E-state index in [1.807, 2.05) is 16.2 Å². The first-order valence-electron chi connectivity index (χ1n) is 12.0. The molecule has 8 heteroatoms. The van der Waals surface area contributed by atoms with E-state index in [4.69, 9.17) is 14.2 Å². The minimum atomic E-state index is -0.569. The number of rotatable bonds is 5. The van der Waals surface area contributed by atoms with Crippen molar-refractivity contribution >= 4 is 29.8 Å². The molecule has 3 heterocycles. The Balaban J connectivity index is 1.31. The summed E-state index contributed by atoms with van der Waals surface area (Å²) in [5.74, 6) is 2.56. The number of hydrogen-bond donors (Lipinski definition) is 1. The number of ether oxygens (including phenoxy) is 3. The van der Waals surface area contributed by atoms with Gasteiger partial charge in [0.2, 0.25) is 0 Å². The van der Waals surface area contributed by atoms with Crippen LogP contribution in [0.4, 0.5) is 0 Å². The van der Waals surface area contributed by atoms with E-state index in [0.717, 1.165) is 66.2 Å². The molecule has 2 aromatic rings. The van der Waals surface area contributed by atoms with Gasteiger partial charge in [-0.3, -0.25) is 0 Å². The Morgan fingerprint density at radius 1 is 1.28 bits per heavy atom. The average molecular weight is 476 g/mol. The number of hydrogen-bond acceptors (Lipinski definition) is 6. The standard InChI is InChI=1S/C24H32N2O4PS/c1-28-18-13-25-23-17(5-6-26(23)32-31)21(18)22(27)20-15-8-14-9-16(20)12-24(10-14,11-15)30-19-4-2-3-7-29-19/h5-6,13-16,19-20,22,27,32H,2-4,7-12H2,1H3/q-1. The number of pyridine rings is 1. The van der Waals surface area contributed by atoms with Gasteiger partial charge in [0.05, 0.1) is 0 Å². The molecule has 0 spiro atoms. The summed E-state index contributed by atoms with van der Waals surface area (Å²) < 4.78 is 20.3. The van der Waals surface area contributed by atoms with Gasteiger partial charge in [-0.1, -0.05) is 0 Å². The van der Waals surface area contributed by atoms with E-state index < -0.39 is 6.10 Å². The van der Waals surface area contributed by atoms with Crippen molar-refractivity contribution in [1.29, 1.82) is 0 Å². The minimum absolute atomic E-state index is 0.0385. The molecule has 7 rings (SSSR count). The summed E-state index contributed by atoms with van der Waals surface area (Å²) >= 11 is 0. The Hall–Kier alpha value is -0.850. The van der Waals surface area contributed by atoms with Gasteiger partial charge in [0, 0.05) is 6.61 Å². The molecule has 2 aromatic heterocycles. The first kappa shape index (κ1) is 21.7. The van der Waals surface area contributed by atoms with Crippen molar-refractivity contribution in [3.05, 3.63) is 24.0 Å². The Morgan fingerprint density at radius 3 is 2.78 bits per heavy atom. The van der Waals surface area contributed by atoms with Crippen LogP contribution in [0.1, 0.15) is 63.0 Å². The van der Waals surface area contributed by atoms with Gasteiger partial charge in [-0.05, 0) is 19.3 Å². The van der Waals surface area contributed by atoms with E-state index in [-0.39, 0.29) is 17.8 Å². The zero-order valence-corrected chi connectivity index (χ0v) is 20.3. The van der Waals surface area contributed by atoms with Crippen LogP contribution in [0.5, 0.6) is 5.75 Å². The van der Waals surface area contributed by atoms with Crippen LogP contribution in [0, 0.1) is 23.7 Å². The molecule has 0 amide bonds. The maximum atomic E-state index is 11.8. The second kappa shape index (κ2) is 8.42. The van der Waals surface area contributed by atoms with Crippen LogP contribution in [-0.4, -0.2) is 39.7 Å². The molecule has 174 valence electrons. The van der Waals surface area contributed by atoms with E-state index in [1.54, 1.807) is 13.3 Å². The van der Waals surface area contributed by atoms with Crippen LogP contribution >= 0.6 is 7.81 Å². The fourth-order valence-corrected chi connectivity index (χ4v) is 8.34. The Labute approximate surface area is 194 Å². The summed E-state index contributed by atoms with van der Waals surface area (Å²) in [5.41, 5.74) is 1.67. The van der Waals surface area contributed by atoms with Crippen LogP contribution in [-0.2, 0) is 20.4 Å². The third kappa shape index (κ3) is 3.51. The van der Waals surface area contributed by atoms with Crippen molar-refractivity contribution in [1.82, 2.24) is 8.96 Å². The van der Waals surface area contributed by atoms with Gasteiger partial charge in [-0.2, -0.15) is 0 Å². The van der Waals surface area contributed by atoms with Crippen molar-refractivity contribution in [2.75, 3.05) is 13.7 Å². The monoisotopic (exact) mass is 475 g/mol. The van der Waals surface area contributed by atoms with Crippen LogP contribution in [0.3, 0.4) is 0 Å². The van der Waals surface area contributed by atoms with Gasteiger partial charge in [0.1, 0.15) is 0 Å². The van der Waals surface area contributed by atoms with Gasteiger partial charge in [-0.25, -0.2) is 0 Å². The Kier molecular flexibility index (Phi) is 5.70. The summed E-state index contributed by atoms with van der Waals surface area (Å²) in [5, 5.41) is 12.8. The maximum absolute atomic E-state index is 11.8. The molecule has 0 aromatic carbocycles. The van der Waals surface area contributed by atoms with Crippen molar-refractivity contribution in [3.8, 4) is 5.75 Å². The van der Waals surface area contributed by atoms with Crippen molar-refractivity contribution in [2.45, 2.75) is 69.4 Å². The third-order valence-corrected chi connectivity index (χ3v) is 9.58. The topological polar surface area (TPSA) is 65.7 Å². The molecule has 1 aliphatic heterocycles. The number of fused-ring (bicyclic) bond motifs is 1. The molecule has 4 aliphatic carbocycles. The van der Waals surface area contributed by atoms with E-state index >= 15 is 0 Å². The van der Waals surface area contributed by atoms with Gasteiger partial charge < -0.3 is 4.74 Å². The average Bonchev–Trinajstić information content (AvgIpc) is 3.21. The molecule has 4 unspecified atom stereocenters. The molecule has 0 radical (unpaired) electrons. The van der Waals surface area contributed by atoms with Crippen LogP contribution in [0.15, 0.2) is 18.5 Å². The van der Waals surface area contributed by atoms with E-state index in [1.165, 1.54) is 19.3 Å². The molecular formula is C24H32N2O4PS-. The summed E-state index contributed by atoms with van der Waals surface area (Å²) in [6.07, 6.45) is 12.1. The third-order valence-electron chi connectivity index (χ3n) is 8.49. The molecule has 32 heavy (non-hydrogen) atoms. The number of aromatic nitrogens is 2. The SMILES string of the molecule is COc1cnc2c(ccn2[SH-]#P)c1C(O)C1C2CC3CC1CC(OC1CCCCO1)(C3)C2. The Morgan fingerprint density at radius 2 is 2.09 bits per heavy atom. The van der Waals surface area contributed by atoms with Crippen LogP contribution in [0.2, 0.25) is 0 Å². The molecule has 6 nitrogen and oxygen atoms in total. The number of nitrogens with zero attached hydrogens (tertiary/aromatic N) is 2. The van der Waals surface area contributed by atoms with Crippen molar-refractivity contribution < 1.29 is 19.3 Å². The summed E-state index contributed by atoms with van der Waals surface area (Å²) in [7, 11) is 6.87. The molecular weight excluding hydrogens is 443 g/mol. The van der Waals surface area contributed by atoms with Gasteiger partial charge in [0.25, 0.3) is 0 Å². The molecule has 5 fully saturated rings. The predicted molar refractivity (Wildman–Crippen MR) is 127 cm³/mol. The van der Waals surface area contributed by atoms with Crippen LogP contribution < -0.4 is 4.74 Å². The number of aliphatic hydroxyl groups excluding tert-OH is 1. The number of methoxy groups -OCH3 is 1. The zero-order valence-electron chi connectivity index (χ0n) is 18.5. The predicted octanol–water partition coefficient (Wildman–Crippen LogP) is 4.72. The number of thiol groups is 1. The van der Waals surface area contributed by atoms with Gasteiger partial charge in [-0.15, -0.1) is 0 Å². The van der Waals surface area contributed by atoms with Gasteiger partial charge in [0.15, 0.2) is 0 Å². The zero-order chi connectivity index (χ0) is 21.9. The van der Waals surface area contributed by atoms with E-state index in [2.05, 4.69) is 12.8 Å². The fourth-order valence-electron chi connectivity index (χ4n) is 7.54. The first-order valence-corrected chi connectivity index (χ1v) is 14.0. The van der Waals surface area contributed by atoms with E-state index in [9.17, 15) is 5.11 Å². The van der Waals surface area contributed by atoms with E-state index in [0.29, 0.717) is 23.5 Å². The summed E-state index contributed by atoms with van der Waals surface area (Å²) in [6.45, 7) is 0.821. The van der Waals surface area contributed by atoms with Crippen molar-refractivity contribution in [2.24, 2.45) is 23.7 Å². The van der Waals surface area contributed by atoms with Gasteiger partial charge >= 0.3 is 164 Å². The van der Waals surface area contributed by atoms with Crippen LogP contribution in [0.25, 0.3) is 11.0 Å². The first-order chi connectivity index (χ1) is 15.6. The summed E-state index contributed by atoms with van der Waals surface area (Å²) in [6, 6.07) is 2.04. The molecule has 1 N–H and O–H groups in total. The Bertz CT molecular complexity index is 1050. The molecule has 4 saturated carbocycles. The van der Waals surface area contributed by atoms with Crippen molar-refractivity contribution in [3.63, 3.8) is 0 Å². The summed E-state index contributed by atoms with van der Waals surface area (Å²) in [4.78, 5) is 4.58. The molecule has 1 saturated heterocycles. The normalized spacial score (nSPS) is 37.1. The quantitative estimate of drug-likeness (QED) is 0.385. The second-order valence-electron chi connectivity index (χ2n) is 10.3. The molecule has 4 bridgehead atoms. The fraction of sp³-hybridized carbons (Fsp3) is 0.708. The number of aliphatic hydroxyl groups is 1. The molecule has 5 aliphatic rings. The molecule has 4 atom stereocenters. The second-order valence-corrected chi connectivity index (χ2v) is 11.5.